The van der Waals surface area contributed by atoms with E-state index in [-0.39, 0.29) is 12.3 Å². The van der Waals surface area contributed by atoms with Crippen LogP contribution in [0.5, 0.6) is 5.75 Å². The van der Waals surface area contributed by atoms with Crippen molar-refractivity contribution in [2.45, 2.75) is 32.2 Å². The molecule has 0 saturated carbocycles. The normalized spacial score (nSPS) is 13.4. The number of amides is 1. The number of anilines is 1. The summed E-state index contributed by atoms with van der Waals surface area (Å²) in [5.74, 6) is 1.29. The van der Waals surface area contributed by atoms with Crippen LogP contribution in [0.2, 0.25) is 0 Å². The van der Waals surface area contributed by atoms with Crippen molar-refractivity contribution in [3.8, 4) is 17.1 Å². The van der Waals surface area contributed by atoms with Crippen LogP contribution in [0.25, 0.3) is 22.2 Å². The van der Waals surface area contributed by atoms with Crippen LogP contribution in [-0.2, 0) is 17.8 Å². The summed E-state index contributed by atoms with van der Waals surface area (Å²) < 4.78 is 22.1. The van der Waals surface area contributed by atoms with Gasteiger partial charge < -0.3 is 14.6 Å². The van der Waals surface area contributed by atoms with Crippen LogP contribution < -0.4 is 10.1 Å². The number of halogens is 1. The third-order valence-electron chi connectivity index (χ3n) is 5.70. The van der Waals surface area contributed by atoms with Crippen LogP contribution in [0.15, 0.2) is 60.7 Å². The Bertz CT molecular complexity index is 1280. The molecule has 1 N–H and O–H groups in total. The number of benzene rings is 3. The molecule has 4 aromatic rings. The number of nitrogens with one attached hydrogen (secondary N) is 1. The van der Waals surface area contributed by atoms with E-state index in [0.717, 1.165) is 54.4 Å². The van der Waals surface area contributed by atoms with E-state index >= 15 is 0 Å². The summed E-state index contributed by atoms with van der Waals surface area (Å²) in [7, 11) is 0. The van der Waals surface area contributed by atoms with Crippen LogP contribution in [0, 0.1) is 5.82 Å². The molecule has 6 nitrogen and oxygen atoms in total. The SMILES string of the molecule is O=C(COc1ccc2ccccc2c1)Nc1cc(-c2nnc3n2CCCCC3)ccc1F. The average Bonchev–Trinajstić information content (AvgIpc) is 3.07. The second-order valence-corrected chi connectivity index (χ2v) is 7.94. The molecular weight excluding hydrogens is 407 g/mol. The molecule has 162 valence electrons. The Kier molecular flexibility index (Phi) is 5.54. The number of carbonyl (C=O) groups excluding carboxylic acids is 1. The minimum absolute atomic E-state index is 0.0978. The molecule has 1 amide bonds. The lowest BCUT2D eigenvalue weighted by Gasteiger charge is -2.11. The maximum Gasteiger partial charge on any atom is 0.262 e. The Morgan fingerprint density at radius 3 is 2.78 bits per heavy atom. The fourth-order valence-corrected chi connectivity index (χ4v) is 4.05. The predicted octanol–water partition coefficient (Wildman–Crippen LogP) is 4.98. The van der Waals surface area contributed by atoms with E-state index in [2.05, 4.69) is 20.1 Å². The molecule has 0 bridgehead atoms. The second-order valence-electron chi connectivity index (χ2n) is 7.94. The molecule has 1 aliphatic heterocycles. The predicted molar refractivity (Wildman–Crippen MR) is 121 cm³/mol. The highest BCUT2D eigenvalue weighted by atomic mass is 19.1. The van der Waals surface area contributed by atoms with Crippen molar-refractivity contribution in [3.05, 3.63) is 72.3 Å². The number of hydrogen-bond donors (Lipinski definition) is 1. The van der Waals surface area contributed by atoms with Crippen LogP contribution in [0.1, 0.15) is 25.1 Å². The van der Waals surface area contributed by atoms with Gasteiger partial charge in [0.05, 0.1) is 5.69 Å². The Hall–Kier alpha value is -3.74. The maximum atomic E-state index is 14.4. The highest BCUT2D eigenvalue weighted by molar-refractivity contribution is 5.92. The van der Waals surface area contributed by atoms with Crippen LogP contribution in [0.4, 0.5) is 10.1 Å². The molecule has 7 heteroatoms. The molecule has 3 aromatic carbocycles. The first-order valence-corrected chi connectivity index (χ1v) is 10.8. The van der Waals surface area contributed by atoms with Crippen LogP contribution >= 0.6 is 0 Å². The minimum Gasteiger partial charge on any atom is -0.484 e. The van der Waals surface area contributed by atoms with Gasteiger partial charge in [0.15, 0.2) is 12.4 Å². The number of hydrogen-bond acceptors (Lipinski definition) is 4. The van der Waals surface area contributed by atoms with Gasteiger partial charge in [-0.15, -0.1) is 10.2 Å². The van der Waals surface area contributed by atoms with Gasteiger partial charge in [-0.2, -0.15) is 0 Å². The van der Waals surface area contributed by atoms with Crippen molar-refractivity contribution in [2.75, 3.05) is 11.9 Å². The molecule has 0 spiro atoms. The number of fused-ring (bicyclic) bond motifs is 2. The van der Waals surface area contributed by atoms with Gasteiger partial charge in [-0.3, -0.25) is 4.79 Å². The molecule has 32 heavy (non-hydrogen) atoms. The molecule has 0 unspecified atom stereocenters. The zero-order valence-electron chi connectivity index (χ0n) is 17.6. The van der Waals surface area contributed by atoms with Gasteiger partial charge in [0.25, 0.3) is 5.91 Å². The fourth-order valence-electron chi connectivity index (χ4n) is 4.05. The van der Waals surface area contributed by atoms with Gasteiger partial charge in [0, 0.05) is 18.5 Å². The lowest BCUT2D eigenvalue weighted by atomic mass is 10.1. The smallest absolute Gasteiger partial charge is 0.262 e. The summed E-state index contributed by atoms with van der Waals surface area (Å²) >= 11 is 0. The van der Waals surface area contributed by atoms with E-state index in [0.29, 0.717) is 11.6 Å². The Morgan fingerprint density at radius 2 is 1.88 bits per heavy atom. The molecular formula is C25H23FN4O2. The Balaban J connectivity index is 1.29. The van der Waals surface area contributed by atoms with Crippen molar-refractivity contribution in [1.82, 2.24) is 14.8 Å². The topological polar surface area (TPSA) is 69.0 Å². The monoisotopic (exact) mass is 430 g/mol. The van der Waals surface area contributed by atoms with Gasteiger partial charge >= 0.3 is 0 Å². The lowest BCUT2D eigenvalue weighted by molar-refractivity contribution is -0.118. The molecule has 0 saturated heterocycles. The third kappa shape index (κ3) is 4.19. The zero-order chi connectivity index (χ0) is 21.9. The number of ether oxygens (including phenoxy) is 1. The number of aromatic nitrogens is 3. The summed E-state index contributed by atoms with van der Waals surface area (Å²) in [6.07, 6.45) is 4.21. The van der Waals surface area contributed by atoms with Gasteiger partial charge in [0.1, 0.15) is 17.4 Å². The molecule has 1 aliphatic rings. The van der Waals surface area contributed by atoms with Gasteiger partial charge in [-0.25, -0.2) is 4.39 Å². The zero-order valence-corrected chi connectivity index (χ0v) is 17.6. The maximum absolute atomic E-state index is 14.4. The number of carbonyl (C=O) groups is 1. The summed E-state index contributed by atoms with van der Waals surface area (Å²) in [6.45, 7) is 0.624. The van der Waals surface area contributed by atoms with Crippen molar-refractivity contribution < 1.29 is 13.9 Å². The van der Waals surface area contributed by atoms with Crippen molar-refractivity contribution in [1.29, 1.82) is 0 Å². The molecule has 2 heterocycles. The molecule has 0 aliphatic carbocycles. The number of nitrogens with zero attached hydrogens (tertiary/aromatic N) is 3. The Labute approximate surface area is 185 Å². The average molecular weight is 430 g/mol. The number of aryl methyl sites for hydroxylation is 1. The largest absolute Gasteiger partial charge is 0.484 e. The Morgan fingerprint density at radius 1 is 1.00 bits per heavy atom. The highest BCUT2D eigenvalue weighted by Gasteiger charge is 2.18. The molecule has 0 radical (unpaired) electrons. The van der Waals surface area contributed by atoms with E-state index in [9.17, 15) is 9.18 Å². The van der Waals surface area contributed by atoms with E-state index in [1.165, 1.54) is 6.07 Å². The molecule has 0 atom stereocenters. The van der Waals surface area contributed by atoms with E-state index in [1.54, 1.807) is 12.1 Å². The fraction of sp³-hybridized carbons (Fsp3) is 0.240. The quantitative estimate of drug-likeness (QED) is 0.485. The minimum atomic E-state index is -0.511. The van der Waals surface area contributed by atoms with Crippen molar-refractivity contribution in [2.24, 2.45) is 0 Å². The number of rotatable bonds is 5. The third-order valence-corrected chi connectivity index (χ3v) is 5.70. The standard InChI is InChI=1S/C25H23FN4O2/c26-21-12-10-19(25-29-28-23-8-2-1-5-13-30(23)25)15-22(21)27-24(31)16-32-20-11-9-17-6-3-4-7-18(17)14-20/h3-4,6-7,9-12,14-15H,1-2,5,8,13,16H2,(H,27,31). The molecule has 1 aromatic heterocycles. The van der Waals surface area contributed by atoms with Crippen LogP contribution in [-0.4, -0.2) is 27.3 Å². The first-order chi connectivity index (χ1) is 15.7. The van der Waals surface area contributed by atoms with E-state index in [1.807, 2.05) is 42.5 Å². The summed E-state index contributed by atoms with van der Waals surface area (Å²) in [5, 5.41) is 13.3. The van der Waals surface area contributed by atoms with Gasteiger partial charge in [-0.05, 0) is 53.9 Å². The lowest BCUT2D eigenvalue weighted by Crippen LogP contribution is -2.20. The van der Waals surface area contributed by atoms with Crippen molar-refractivity contribution >= 4 is 22.4 Å². The summed E-state index contributed by atoms with van der Waals surface area (Å²) in [5.41, 5.74) is 0.818. The second kappa shape index (κ2) is 8.78. The first-order valence-electron chi connectivity index (χ1n) is 10.8. The van der Waals surface area contributed by atoms with Crippen LogP contribution in [0.3, 0.4) is 0 Å². The van der Waals surface area contributed by atoms with Crippen molar-refractivity contribution in [3.63, 3.8) is 0 Å². The van der Waals surface area contributed by atoms with E-state index in [4.69, 9.17) is 4.74 Å². The van der Waals surface area contributed by atoms with E-state index < -0.39 is 11.7 Å². The molecule has 5 rings (SSSR count). The molecule has 0 fully saturated rings. The van der Waals surface area contributed by atoms with Gasteiger partial charge in [0.2, 0.25) is 0 Å². The van der Waals surface area contributed by atoms with Gasteiger partial charge in [-0.1, -0.05) is 36.8 Å². The first kappa shape index (κ1) is 20.2. The summed E-state index contributed by atoms with van der Waals surface area (Å²) in [6, 6.07) is 18.1. The summed E-state index contributed by atoms with van der Waals surface area (Å²) in [4.78, 5) is 12.4. The highest BCUT2D eigenvalue weighted by Crippen LogP contribution is 2.27.